The lowest BCUT2D eigenvalue weighted by Gasteiger charge is -2.43. The van der Waals surface area contributed by atoms with Crippen molar-refractivity contribution in [2.75, 3.05) is 0 Å². The lowest BCUT2D eigenvalue weighted by Crippen LogP contribution is -2.54. The van der Waals surface area contributed by atoms with Crippen molar-refractivity contribution in [3.63, 3.8) is 0 Å². The van der Waals surface area contributed by atoms with E-state index < -0.39 is 23.7 Å². The molecule has 0 spiro atoms. The van der Waals surface area contributed by atoms with E-state index in [1.165, 1.54) is 46.0 Å². The van der Waals surface area contributed by atoms with Gasteiger partial charge in [0.1, 0.15) is 23.1 Å². The zero-order valence-electron chi connectivity index (χ0n) is 19.3. The molecule has 4 nitrogen and oxygen atoms in total. The molecule has 28 heavy (non-hydrogen) atoms. The molecule has 0 N–H and O–H groups in total. The minimum absolute atomic E-state index is 0.0944. The highest BCUT2D eigenvalue weighted by atomic mass is 16.2. The average molecular weight is 395 g/mol. The summed E-state index contributed by atoms with van der Waals surface area (Å²) in [6.07, 6.45) is 7.28. The van der Waals surface area contributed by atoms with Gasteiger partial charge in [0.05, 0.1) is 6.42 Å². The molecular formula is C24H42O4. The van der Waals surface area contributed by atoms with Crippen molar-refractivity contribution in [2.24, 2.45) is 35.5 Å². The number of hydrogen-bond donors (Lipinski definition) is 0. The van der Waals surface area contributed by atoms with Crippen LogP contribution in [0.15, 0.2) is 0 Å². The minimum Gasteiger partial charge on any atom is -0.300 e. The topological polar surface area (TPSA) is 68.3 Å². The molecule has 3 aliphatic carbocycles. The van der Waals surface area contributed by atoms with E-state index in [0.717, 1.165) is 11.8 Å². The summed E-state index contributed by atoms with van der Waals surface area (Å²) >= 11 is 0. The Balaban J connectivity index is 0.000000481. The molecule has 3 saturated carbocycles. The molecule has 0 radical (unpaired) electrons. The first-order chi connectivity index (χ1) is 13.3. The highest BCUT2D eigenvalue weighted by molar-refractivity contribution is 6.15. The van der Waals surface area contributed by atoms with E-state index in [-0.39, 0.29) is 29.6 Å². The first-order valence-electron chi connectivity index (χ1n) is 11.3. The zero-order chi connectivity index (χ0) is 22.0. The molecular weight excluding hydrogens is 352 g/mol. The van der Waals surface area contributed by atoms with Crippen molar-refractivity contribution in [2.45, 2.75) is 93.9 Å². The van der Waals surface area contributed by atoms with Gasteiger partial charge in [-0.25, -0.2) is 0 Å². The van der Waals surface area contributed by atoms with E-state index in [1.807, 2.05) is 27.7 Å². The quantitative estimate of drug-likeness (QED) is 0.596. The SMILES string of the molecule is CC.CC.CC(=O)C1C(C(C)=O)C2C(=O)CC(=O)C12.CCC1CCC(C)CC1. The second-order valence-corrected chi connectivity index (χ2v) is 7.97. The van der Waals surface area contributed by atoms with Crippen LogP contribution in [0, 0.1) is 35.5 Å². The molecule has 3 rings (SSSR count). The molecule has 4 atom stereocenters. The van der Waals surface area contributed by atoms with Crippen LogP contribution in [0.5, 0.6) is 0 Å². The number of ketones is 4. The first kappa shape index (κ1) is 26.7. The number of rotatable bonds is 3. The molecule has 4 heteroatoms. The van der Waals surface area contributed by atoms with Crippen LogP contribution in [0.2, 0.25) is 0 Å². The lowest BCUT2D eigenvalue weighted by atomic mass is 9.55. The highest BCUT2D eigenvalue weighted by Gasteiger charge is 2.63. The zero-order valence-corrected chi connectivity index (χ0v) is 19.3. The minimum atomic E-state index is -0.536. The molecule has 4 unspecified atom stereocenters. The first-order valence-corrected chi connectivity index (χ1v) is 11.3. The van der Waals surface area contributed by atoms with Crippen molar-refractivity contribution in [1.29, 1.82) is 0 Å². The second kappa shape index (κ2) is 13.0. The van der Waals surface area contributed by atoms with E-state index in [1.54, 1.807) is 0 Å². The van der Waals surface area contributed by atoms with E-state index >= 15 is 0 Å². The number of carbonyl (C=O) groups excluding carboxylic acids is 4. The van der Waals surface area contributed by atoms with Crippen molar-refractivity contribution < 1.29 is 19.2 Å². The molecule has 0 aliphatic heterocycles. The monoisotopic (exact) mass is 394 g/mol. The van der Waals surface area contributed by atoms with Crippen LogP contribution in [-0.4, -0.2) is 23.1 Å². The number of fused-ring (bicyclic) bond motifs is 1. The summed E-state index contributed by atoms with van der Waals surface area (Å²) in [5.41, 5.74) is 0. The molecule has 0 aromatic heterocycles. The summed E-state index contributed by atoms with van der Waals surface area (Å²) in [4.78, 5) is 45.5. The van der Waals surface area contributed by atoms with Gasteiger partial charge in [-0.2, -0.15) is 0 Å². The Morgan fingerprint density at radius 3 is 1.43 bits per heavy atom. The second-order valence-electron chi connectivity index (χ2n) is 7.97. The Morgan fingerprint density at radius 1 is 0.786 bits per heavy atom. The van der Waals surface area contributed by atoms with E-state index in [0.29, 0.717) is 0 Å². The molecule has 162 valence electrons. The van der Waals surface area contributed by atoms with Gasteiger partial charge in [0, 0.05) is 23.7 Å². The van der Waals surface area contributed by atoms with Gasteiger partial charge in [-0.05, 0) is 25.7 Å². The Morgan fingerprint density at radius 2 is 1.14 bits per heavy atom. The largest absolute Gasteiger partial charge is 0.300 e. The van der Waals surface area contributed by atoms with Crippen molar-refractivity contribution in [3.05, 3.63) is 0 Å². The van der Waals surface area contributed by atoms with Crippen LogP contribution in [0.1, 0.15) is 93.9 Å². The maximum Gasteiger partial charge on any atom is 0.144 e. The normalized spacial score (nSPS) is 32.9. The van der Waals surface area contributed by atoms with Gasteiger partial charge in [0.2, 0.25) is 0 Å². The molecule has 0 aromatic carbocycles. The van der Waals surface area contributed by atoms with Gasteiger partial charge in [-0.3, -0.25) is 19.2 Å². The lowest BCUT2D eigenvalue weighted by molar-refractivity contribution is -0.154. The van der Waals surface area contributed by atoms with Crippen LogP contribution in [0.4, 0.5) is 0 Å². The van der Waals surface area contributed by atoms with Crippen LogP contribution in [-0.2, 0) is 19.2 Å². The maximum atomic E-state index is 11.4. The molecule has 0 aromatic rings. The predicted molar refractivity (Wildman–Crippen MR) is 114 cm³/mol. The van der Waals surface area contributed by atoms with Crippen LogP contribution in [0.25, 0.3) is 0 Å². The third-order valence-corrected chi connectivity index (χ3v) is 6.29. The summed E-state index contributed by atoms with van der Waals surface area (Å²) < 4.78 is 0. The van der Waals surface area contributed by atoms with Gasteiger partial charge in [0.25, 0.3) is 0 Å². The molecule has 0 amide bonds. The maximum absolute atomic E-state index is 11.4. The van der Waals surface area contributed by atoms with E-state index in [9.17, 15) is 19.2 Å². The van der Waals surface area contributed by atoms with Gasteiger partial charge in [0.15, 0.2) is 0 Å². The summed E-state index contributed by atoms with van der Waals surface area (Å²) in [5.74, 6) is -0.607. The fraction of sp³-hybridized carbons (Fsp3) is 0.833. The van der Waals surface area contributed by atoms with Gasteiger partial charge in [-0.15, -0.1) is 0 Å². The summed E-state index contributed by atoms with van der Waals surface area (Å²) in [7, 11) is 0. The van der Waals surface area contributed by atoms with E-state index in [4.69, 9.17) is 0 Å². The molecule has 0 saturated heterocycles. The highest BCUT2D eigenvalue weighted by Crippen LogP contribution is 2.52. The van der Waals surface area contributed by atoms with Crippen LogP contribution >= 0.6 is 0 Å². The predicted octanol–water partition coefficient (Wildman–Crippen LogP) is 5.46. The Kier molecular flexibility index (Phi) is 12.4. The third kappa shape index (κ3) is 6.35. The Bertz CT molecular complexity index is 493. The molecule has 3 fully saturated rings. The number of carbonyl (C=O) groups is 4. The van der Waals surface area contributed by atoms with Crippen molar-refractivity contribution >= 4 is 23.1 Å². The standard InChI is InChI=1S/C11H12O4.C9H18.2C2H6/c1-4(12)8-9(5(2)13)11-7(15)3-6(14)10(8)11;1-3-9-6-4-8(2)5-7-9;2*1-2/h8-11H,3H2,1-2H3;8-9H,3-7H2,1-2H3;2*1-2H3. The van der Waals surface area contributed by atoms with Crippen LogP contribution < -0.4 is 0 Å². The smallest absolute Gasteiger partial charge is 0.144 e. The number of Topliss-reactive ketones (excluding diaryl/α,β-unsaturated/α-hetero) is 4. The Labute approximate surface area is 172 Å². The molecule has 3 aliphatic rings. The fourth-order valence-corrected chi connectivity index (χ4v) is 4.71. The van der Waals surface area contributed by atoms with Crippen LogP contribution in [0.3, 0.4) is 0 Å². The van der Waals surface area contributed by atoms with Gasteiger partial charge < -0.3 is 0 Å². The summed E-state index contributed by atoms with van der Waals surface area (Å²) in [6, 6.07) is 0. The molecule has 0 heterocycles. The fourth-order valence-electron chi connectivity index (χ4n) is 4.71. The molecule has 0 bridgehead atoms. The van der Waals surface area contributed by atoms with E-state index in [2.05, 4.69) is 13.8 Å². The third-order valence-electron chi connectivity index (χ3n) is 6.29. The Hall–Kier alpha value is -1.32. The van der Waals surface area contributed by atoms with Gasteiger partial charge >= 0.3 is 0 Å². The van der Waals surface area contributed by atoms with Crippen molar-refractivity contribution in [1.82, 2.24) is 0 Å². The average Bonchev–Trinajstić information content (AvgIpc) is 2.87. The number of hydrogen-bond acceptors (Lipinski definition) is 4. The summed E-state index contributed by atoms with van der Waals surface area (Å²) in [5, 5.41) is 0. The summed E-state index contributed by atoms with van der Waals surface area (Å²) in [6.45, 7) is 15.5. The van der Waals surface area contributed by atoms with Crippen molar-refractivity contribution in [3.8, 4) is 0 Å². The van der Waals surface area contributed by atoms with Gasteiger partial charge in [-0.1, -0.05) is 73.6 Å².